The molecule has 2 rings (SSSR count). The number of H-pyrrole nitrogens is 1. The van der Waals surface area contributed by atoms with Gasteiger partial charge in [-0.15, -0.1) is 0 Å². The minimum absolute atomic E-state index is 0.0124. The predicted molar refractivity (Wildman–Crippen MR) is 57.8 cm³/mol. The molecule has 0 spiro atoms. The van der Waals surface area contributed by atoms with Gasteiger partial charge >= 0.3 is 6.18 Å². The van der Waals surface area contributed by atoms with Crippen LogP contribution in [0.5, 0.6) is 0 Å². The van der Waals surface area contributed by atoms with Gasteiger partial charge in [0.05, 0.1) is 0 Å². The summed E-state index contributed by atoms with van der Waals surface area (Å²) in [5.74, 6) is 1.19. The first-order valence-electron chi connectivity index (χ1n) is 5.86. The van der Waals surface area contributed by atoms with Crippen LogP contribution in [0.15, 0.2) is 6.20 Å². The second kappa shape index (κ2) is 5.08. The Morgan fingerprint density at radius 2 is 2.00 bits per heavy atom. The molecular formula is C11H16F3N3. The average molecular weight is 247 g/mol. The summed E-state index contributed by atoms with van der Waals surface area (Å²) in [4.78, 5) is 7.21. The normalized spacial score (nSPS) is 18.5. The van der Waals surface area contributed by atoms with Crippen LogP contribution in [0.1, 0.15) is 36.7 Å². The van der Waals surface area contributed by atoms with Gasteiger partial charge in [0.2, 0.25) is 0 Å². The molecule has 17 heavy (non-hydrogen) atoms. The molecule has 0 unspecified atom stereocenters. The Bertz CT molecular complexity index is 353. The van der Waals surface area contributed by atoms with Crippen molar-refractivity contribution in [2.24, 2.45) is 0 Å². The standard InChI is InChI=1S/C11H16F3N3/c12-11(13,14)4-1-9-7-16-10(17-9)8-2-5-15-6-3-8/h7-8,15H,1-6H2,(H,16,17). The summed E-state index contributed by atoms with van der Waals surface area (Å²) < 4.78 is 36.2. The van der Waals surface area contributed by atoms with Crippen LogP contribution < -0.4 is 5.32 Å². The Morgan fingerprint density at radius 1 is 1.29 bits per heavy atom. The van der Waals surface area contributed by atoms with Gasteiger partial charge in [0.25, 0.3) is 0 Å². The summed E-state index contributed by atoms with van der Waals surface area (Å²) in [7, 11) is 0. The van der Waals surface area contributed by atoms with E-state index in [0.29, 0.717) is 11.6 Å². The zero-order valence-corrected chi connectivity index (χ0v) is 9.48. The van der Waals surface area contributed by atoms with E-state index < -0.39 is 12.6 Å². The molecule has 0 aliphatic carbocycles. The van der Waals surface area contributed by atoms with E-state index in [2.05, 4.69) is 15.3 Å². The van der Waals surface area contributed by atoms with Crippen LogP contribution in [0.25, 0.3) is 0 Å². The number of nitrogens with zero attached hydrogens (tertiary/aromatic N) is 1. The maximum absolute atomic E-state index is 12.1. The Balaban J connectivity index is 1.91. The molecule has 0 radical (unpaired) electrons. The van der Waals surface area contributed by atoms with Crippen LogP contribution in [-0.2, 0) is 6.42 Å². The van der Waals surface area contributed by atoms with Gasteiger partial charge in [-0.25, -0.2) is 4.98 Å². The number of aromatic nitrogens is 2. The number of halogens is 3. The van der Waals surface area contributed by atoms with E-state index in [1.54, 1.807) is 0 Å². The van der Waals surface area contributed by atoms with Crippen LogP contribution in [0.2, 0.25) is 0 Å². The zero-order chi connectivity index (χ0) is 12.3. The van der Waals surface area contributed by atoms with Crippen molar-refractivity contribution in [1.82, 2.24) is 15.3 Å². The van der Waals surface area contributed by atoms with Gasteiger partial charge in [0, 0.05) is 24.2 Å². The van der Waals surface area contributed by atoms with Crippen molar-refractivity contribution in [3.05, 3.63) is 17.7 Å². The van der Waals surface area contributed by atoms with Crippen LogP contribution >= 0.6 is 0 Å². The predicted octanol–water partition coefficient (Wildman–Crippen LogP) is 2.37. The SMILES string of the molecule is FC(F)(F)CCc1cnc(C2CCNCC2)[nH]1. The third kappa shape index (κ3) is 3.73. The van der Waals surface area contributed by atoms with Gasteiger partial charge in [0.15, 0.2) is 0 Å². The molecule has 1 aromatic rings. The molecule has 0 aromatic carbocycles. The number of aromatic amines is 1. The number of alkyl halides is 3. The average Bonchev–Trinajstić information content (AvgIpc) is 2.75. The fraction of sp³-hybridized carbons (Fsp3) is 0.727. The second-order valence-electron chi connectivity index (χ2n) is 4.43. The molecule has 1 aliphatic rings. The Morgan fingerprint density at radius 3 is 2.65 bits per heavy atom. The van der Waals surface area contributed by atoms with Gasteiger partial charge in [-0.05, 0) is 32.4 Å². The second-order valence-corrected chi connectivity index (χ2v) is 4.43. The molecule has 2 heterocycles. The molecule has 96 valence electrons. The third-order valence-electron chi connectivity index (χ3n) is 3.05. The van der Waals surface area contributed by atoms with Gasteiger partial charge in [-0.1, -0.05) is 0 Å². The summed E-state index contributed by atoms with van der Waals surface area (Å²) in [6, 6.07) is 0. The van der Waals surface area contributed by atoms with Gasteiger partial charge < -0.3 is 10.3 Å². The van der Waals surface area contributed by atoms with Crippen molar-refractivity contribution in [3.8, 4) is 0 Å². The minimum Gasteiger partial charge on any atom is -0.346 e. The summed E-state index contributed by atoms with van der Waals surface area (Å²) in [5, 5.41) is 3.25. The molecule has 0 bridgehead atoms. The summed E-state index contributed by atoms with van der Waals surface area (Å²) in [5.41, 5.74) is 0.579. The molecule has 0 atom stereocenters. The van der Waals surface area contributed by atoms with Crippen molar-refractivity contribution in [2.75, 3.05) is 13.1 Å². The van der Waals surface area contributed by atoms with Crippen molar-refractivity contribution in [2.45, 2.75) is 37.8 Å². The van der Waals surface area contributed by atoms with E-state index in [-0.39, 0.29) is 6.42 Å². The zero-order valence-electron chi connectivity index (χ0n) is 9.48. The fourth-order valence-electron chi connectivity index (χ4n) is 2.08. The number of nitrogens with one attached hydrogen (secondary N) is 2. The molecule has 1 fully saturated rings. The lowest BCUT2D eigenvalue weighted by atomic mass is 9.98. The third-order valence-corrected chi connectivity index (χ3v) is 3.05. The Labute approximate surface area is 97.8 Å². The first-order chi connectivity index (χ1) is 8.04. The smallest absolute Gasteiger partial charge is 0.346 e. The van der Waals surface area contributed by atoms with Crippen LogP contribution in [0, 0.1) is 0 Å². The number of aryl methyl sites for hydroxylation is 1. The number of hydrogen-bond acceptors (Lipinski definition) is 2. The number of imidazole rings is 1. The maximum Gasteiger partial charge on any atom is 0.389 e. The highest BCUT2D eigenvalue weighted by atomic mass is 19.4. The van der Waals surface area contributed by atoms with Gasteiger partial charge in [-0.2, -0.15) is 13.2 Å². The van der Waals surface area contributed by atoms with Crippen LogP contribution in [0.3, 0.4) is 0 Å². The topological polar surface area (TPSA) is 40.7 Å². The highest BCUT2D eigenvalue weighted by molar-refractivity contribution is 5.07. The van der Waals surface area contributed by atoms with Crippen molar-refractivity contribution >= 4 is 0 Å². The Kier molecular flexibility index (Phi) is 3.71. The summed E-state index contributed by atoms with van der Waals surface area (Å²) >= 11 is 0. The number of rotatable bonds is 3. The highest BCUT2D eigenvalue weighted by Crippen LogP contribution is 2.24. The molecule has 1 aliphatic heterocycles. The lowest BCUT2D eigenvalue weighted by Crippen LogP contribution is -2.27. The molecule has 0 amide bonds. The molecule has 6 heteroatoms. The molecule has 0 saturated carbocycles. The minimum atomic E-state index is -4.10. The summed E-state index contributed by atoms with van der Waals surface area (Å²) in [6.07, 6.45) is -1.39. The van der Waals surface area contributed by atoms with Gasteiger partial charge in [-0.3, -0.25) is 0 Å². The van der Waals surface area contributed by atoms with E-state index in [1.807, 2.05) is 0 Å². The van der Waals surface area contributed by atoms with Crippen molar-refractivity contribution < 1.29 is 13.2 Å². The van der Waals surface area contributed by atoms with E-state index >= 15 is 0 Å². The molecular weight excluding hydrogens is 231 g/mol. The molecule has 3 nitrogen and oxygen atoms in total. The molecule has 2 N–H and O–H groups in total. The number of hydrogen-bond donors (Lipinski definition) is 2. The Hall–Kier alpha value is -1.04. The first-order valence-corrected chi connectivity index (χ1v) is 5.86. The van der Waals surface area contributed by atoms with Crippen LogP contribution in [-0.4, -0.2) is 29.2 Å². The quantitative estimate of drug-likeness (QED) is 0.861. The lowest BCUT2D eigenvalue weighted by molar-refractivity contribution is -0.134. The largest absolute Gasteiger partial charge is 0.389 e. The van der Waals surface area contributed by atoms with E-state index in [9.17, 15) is 13.2 Å². The van der Waals surface area contributed by atoms with E-state index in [4.69, 9.17) is 0 Å². The lowest BCUT2D eigenvalue weighted by Gasteiger charge is -2.20. The highest BCUT2D eigenvalue weighted by Gasteiger charge is 2.27. The van der Waals surface area contributed by atoms with E-state index in [0.717, 1.165) is 31.8 Å². The molecule has 1 saturated heterocycles. The monoisotopic (exact) mass is 247 g/mol. The van der Waals surface area contributed by atoms with Crippen molar-refractivity contribution in [3.63, 3.8) is 0 Å². The first kappa shape index (κ1) is 12.4. The molecule has 1 aromatic heterocycles. The van der Waals surface area contributed by atoms with Crippen LogP contribution in [0.4, 0.5) is 13.2 Å². The number of piperidine rings is 1. The van der Waals surface area contributed by atoms with Gasteiger partial charge in [0.1, 0.15) is 5.82 Å². The summed E-state index contributed by atoms with van der Waals surface area (Å²) in [6.45, 7) is 1.90. The van der Waals surface area contributed by atoms with Crippen molar-refractivity contribution in [1.29, 1.82) is 0 Å². The fourth-order valence-corrected chi connectivity index (χ4v) is 2.08. The maximum atomic E-state index is 12.1. The van der Waals surface area contributed by atoms with E-state index in [1.165, 1.54) is 6.20 Å².